The molecule has 1 aromatic heterocycles. The van der Waals surface area contributed by atoms with Gasteiger partial charge in [-0.2, -0.15) is 16.8 Å². The van der Waals surface area contributed by atoms with Crippen molar-refractivity contribution >= 4 is 48.1 Å². The van der Waals surface area contributed by atoms with Gasteiger partial charge in [-0.3, -0.25) is 13.9 Å². The molecule has 2 aromatic carbocycles. The highest BCUT2D eigenvalue weighted by molar-refractivity contribution is 7.86. The number of benzene rings is 2. The molecule has 1 heterocycles. The molecular formula is C14H8O10S2. The molecule has 0 aliphatic heterocycles. The SMILES string of the molecule is O=C(O)c1ccc2oc3c(S(=O)(=O)O)cc(S(=O)(=O)O)cc3c(=O)c2c1. The van der Waals surface area contributed by atoms with Crippen molar-refractivity contribution in [2.75, 3.05) is 0 Å². The summed E-state index contributed by atoms with van der Waals surface area (Å²) in [7, 11) is -9.94. The maximum absolute atomic E-state index is 12.6. The minimum Gasteiger partial charge on any atom is -0.478 e. The molecule has 3 N–H and O–H groups in total. The van der Waals surface area contributed by atoms with Crippen LogP contribution in [-0.4, -0.2) is 37.0 Å². The Hall–Kier alpha value is -2.80. The van der Waals surface area contributed by atoms with E-state index in [1.807, 2.05) is 0 Å². The Labute approximate surface area is 144 Å². The van der Waals surface area contributed by atoms with E-state index >= 15 is 0 Å². The predicted molar refractivity (Wildman–Crippen MR) is 86.6 cm³/mol. The van der Waals surface area contributed by atoms with Crippen molar-refractivity contribution in [3.63, 3.8) is 0 Å². The number of aromatic carboxylic acids is 1. The fraction of sp³-hybridized carbons (Fsp3) is 0. The van der Waals surface area contributed by atoms with E-state index in [0.29, 0.717) is 12.1 Å². The van der Waals surface area contributed by atoms with Crippen LogP contribution in [0.1, 0.15) is 10.4 Å². The molecule has 0 unspecified atom stereocenters. The molecule has 0 spiro atoms. The second kappa shape index (κ2) is 5.60. The molecule has 0 amide bonds. The van der Waals surface area contributed by atoms with Gasteiger partial charge >= 0.3 is 5.97 Å². The first-order chi connectivity index (χ1) is 11.9. The molecule has 10 nitrogen and oxygen atoms in total. The summed E-state index contributed by atoms with van der Waals surface area (Å²) >= 11 is 0. The van der Waals surface area contributed by atoms with Gasteiger partial charge in [0.2, 0.25) is 5.43 Å². The Balaban J connectivity index is 2.60. The first-order valence-corrected chi connectivity index (χ1v) is 9.50. The van der Waals surface area contributed by atoms with E-state index in [-0.39, 0.29) is 16.5 Å². The third kappa shape index (κ3) is 2.94. The molecule has 26 heavy (non-hydrogen) atoms. The number of carbonyl (C=O) groups is 1. The Morgan fingerprint density at radius 2 is 1.58 bits per heavy atom. The van der Waals surface area contributed by atoms with E-state index in [4.69, 9.17) is 14.1 Å². The summed E-state index contributed by atoms with van der Waals surface area (Å²) in [6, 6.07) is 4.30. The summed E-state index contributed by atoms with van der Waals surface area (Å²) in [5.74, 6) is -1.34. The van der Waals surface area contributed by atoms with Crippen molar-refractivity contribution < 1.29 is 40.3 Å². The fourth-order valence-corrected chi connectivity index (χ4v) is 3.65. The second-order valence-electron chi connectivity index (χ2n) is 5.20. The van der Waals surface area contributed by atoms with Crippen molar-refractivity contribution in [2.24, 2.45) is 0 Å². The normalized spacial score (nSPS) is 12.5. The molecular weight excluding hydrogens is 392 g/mol. The molecule has 12 heteroatoms. The third-order valence-electron chi connectivity index (χ3n) is 3.53. The van der Waals surface area contributed by atoms with Gasteiger partial charge in [0.1, 0.15) is 10.5 Å². The highest BCUT2D eigenvalue weighted by atomic mass is 32.2. The van der Waals surface area contributed by atoms with Crippen molar-refractivity contribution in [1.82, 2.24) is 0 Å². The number of hydrogen-bond acceptors (Lipinski definition) is 7. The number of rotatable bonds is 3. The standard InChI is InChI=1S/C14H8O10S2/c15-12-8-3-6(14(16)17)1-2-10(8)24-13-9(12)4-7(25(18,19)20)5-11(13)26(21,22)23/h1-5H,(H,16,17)(H,18,19,20)(H,21,22,23). The van der Waals surface area contributed by atoms with E-state index in [2.05, 4.69) is 0 Å². The Morgan fingerprint density at radius 1 is 0.923 bits per heavy atom. The predicted octanol–water partition coefficient (Wildman–Crippen LogP) is 1.14. The van der Waals surface area contributed by atoms with Gasteiger partial charge in [-0.1, -0.05) is 0 Å². The van der Waals surface area contributed by atoms with Crippen LogP contribution in [0, 0.1) is 0 Å². The molecule has 0 bridgehead atoms. The summed E-state index contributed by atoms with van der Waals surface area (Å²) in [5, 5.41) is 8.15. The number of carboxylic acids is 1. The van der Waals surface area contributed by atoms with Gasteiger partial charge in [0.25, 0.3) is 20.2 Å². The highest BCUT2D eigenvalue weighted by Gasteiger charge is 2.24. The highest BCUT2D eigenvalue weighted by Crippen LogP contribution is 2.28. The summed E-state index contributed by atoms with van der Waals surface area (Å²) < 4.78 is 69.5. The largest absolute Gasteiger partial charge is 0.478 e. The van der Waals surface area contributed by atoms with Gasteiger partial charge in [-0.25, -0.2) is 4.79 Å². The van der Waals surface area contributed by atoms with E-state index in [0.717, 1.165) is 18.2 Å². The Morgan fingerprint density at radius 3 is 2.12 bits per heavy atom. The molecule has 0 fully saturated rings. The molecule has 136 valence electrons. The lowest BCUT2D eigenvalue weighted by Gasteiger charge is -2.07. The fourth-order valence-electron chi connectivity index (χ4n) is 2.38. The molecule has 0 aliphatic rings. The van der Waals surface area contributed by atoms with Crippen LogP contribution in [0.15, 0.2) is 49.3 Å². The van der Waals surface area contributed by atoms with Gasteiger partial charge in [0.15, 0.2) is 5.58 Å². The maximum atomic E-state index is 12.6. The first-order valence-electron chi connectivity index (χ1n) is 6.62. The lowest BCUT2D eigenvalue weighted by molar-refractivity contribution is 0.0697. The molecule has 3 aromatic rings. The van der Waals surface area contributed by atoms with E-state index in [9.17, 15) is 31.0 Å². The lowest BCUT2D eigenvalue weighted by Crippen LogP contribution is -2.10. The number of carboxylic acid groups (broad SMARTS) is 1. The zero-order chi connectivity index (χ0) is 19.4. The average Bonchev–Trinajstić information content (AvgIpc) is 2.52. The van der Waals surface area contributed by atoms with E-state index < -0.39 is 52.4 Å². The van der Waals surface area contributed by atoms with E-state index in [1.165, 1.54) is 0 Å². The summed E-state index contributed by atoms with van der Waals surface area (Å²) in [6.45, 7) is 0. The van der Waals surface area contributed by atoms with Crippen LogP contribution >= 0.6 is 0 Å². The first kappa shape index (κ1) is 18.0. The minimum atomic E-state index is -5.02. The third-order valence-corrected chi connectivity index (χ3v) is 5.22. The summed E-state index contributed by atoms with van der Waals surface area (Å²) in [5.41, 5.74) is -2.03. The zero-order valence-electron chi connectivity index (χ0n) is 12.4. The molecule has 0 aliphatic carbocycles. The van der Waals surface area contributed by atoms with Gasteiger partial charge in [0, 0.05) is 0 Å². The van der Waals surface area contributed by atoms with Crippen LogP contribution in [0.5, 0.6) is 0 Å². The molecule has 0 atom stereocenters. The zero-order valence-corrected chi connectivity index (χ0v) is 14.0. The number of fused-ring (bicyclic) bond motifs is 2. The monoisotopic (exact) mass is 400 g/mol. The number of hydrogen-bond donors (Lipinski definition) is 3. The van der Waals surface area contributed by atoms with Crippen molar-refractivity contribution in [3.8, 4) is 0 Å². The molecule has 0 radical (unpaired) electrons. The van der Waals surface area contributed by atoms with Gasteiger partial charge in [-0.15, -0.1) is 0 Å². The van der Waals surface area contributed by atoms with Crippen LogP contribution in [0.3, 0.4) is 0 Å². The van der Waals surface area contributed by atoms with Gasteiger partial charge < -0.3 is 9.52 Å². The topological polar surface area (TPSA) is 176 Å². The van der Waals surface area contributed by atoms with Crippen molar-refractivity contribution in [3.05, 3.63) is 46.1 Å². The minimum absolute atomic E-state index is 0.183. The van der Waals surface area contributed by atoms with Crippen molar-refractivity contribution in [2.45, 2.75) is 9.79 Å². The quantitative estimate of drug-likeness (QED) is 0.426. The summed E-state index contributed by atoms with van der Waals surface area (Å²) in [4.78, 5) is 21.7. The van der Waals surface area contributed by atoms with Crippen LogP contribution < -0.4 is 5.43 Å². The van der Waals surface area contributed by atoms with Crippen LogP contribution in [0.4, 0.5) is 0 Å². The van der Waals surface area contributed by atoms with E-state index in [1.54, 1.807) is 0 Å². The molecule has 0 saturated heterocycles. The lowest BCUT2D eigenvalue weighted by atomic mass is 10.1. The van der Waals surface area contributed by atoms with Gasteiger partial charge in [-0.05, 0) is 30.3 Å². The second-order valence-corrected chi connectivity index (χ2v) is 8.01. The molecule has 3 rings (SSSR count). The van der Waals surface area contributed by atoms with Crippen molar-refractivity contribution in [1.29, 1.82) is 0 Å². The summed E-state index contributed by atoms with van der Waals surface area (Å²) in [6.07, 6.45) is 0. The smallest absolute Gasteiger partial charge is 0.335 e. The Bertz CT molecular complexity index is 1360. The van der Waals surface area contributed by atoms with Gasteiger partial charge in [0.05, 0.1) is 21.2 Å². The van der Waals surface area contributed by atoms with Crippen LogP contribution in [0.2, 0.25) is 0 Å². The average molecular weight is 400 g/mol. The Kier molecular flexibility index (Phi) is 3.88. The van der Waals surface area contributed by atoms with Crippen LogP contribution in [-0.2, 0) is 20.2 Å². The van der Waals surface area contributed by atoms with Crippen LogP contribution in [0.25, 0.3) is 21.9 Å². The molecule has 0 saturated carbocycles. The maximum Gasteiger partial charge on any atom is 0.335 e.